The first kappa shape index (κ1) is 20.3. The van der Waals surface area contributed by atoms with Crippen molar-refractivity contribution in [3.05, 3.63) is 46.4 Å². The first-order chi connectivity index (χ1) is 13.3. The molecule has 0 bridgehead atoms. The highest BCUT2D eigenvalue weighted by atomic mass is 35.5. The summed E-state index contributed by atoms with van der Waals surface area (Å²) in [6.07, 6.45) is 5.29. The van der Waals surface area contributed by atoms with Gasteiger partial charge in [-0.2, -0.15) is 4.98 Å². The van der Waals surface area contributed by atoms with Crippen LogP contribution in [0.3, 0.4) is 0 Å². The van der Waals surface area contributed by atoms with Gasteiger partial charge in [-0.25, -0.2) is 9.37 Å². The maximum Gasteiger partial charge on any atom is 0.251 e. The van der Waals surface area contributed by atoms with E-state index in [1.54, 1.807) is 0 Å². The molecular formula is C20H25ClFN5O. The van der Waals surface area contributed by atoms with Gasteiger partial charge in [0.15, 0.2) is 0 Å². The molecule has 0 atom stereocenters. The quantitative estimate of drug-likeness (QED) is 0.791. The Hall–Kier alpha value is -2.41. The van der Waals surface area contributed by atoms with Crippen LogP contribution in [0.5, 0.6) is 0 Å². The Balaban J connectivity index is 1.52. The van der Waals surface area contributed by atoms with E-state index in [9.17, 15) is 9.18 Å². The second kappa shape index (κ2) is 8.73. The lowest BCUT2D eigenvalue weighted by Gasteiger charge is -2.30. The van der Waals surface area contributed by atoms with Crippen LogP contribution in [0.4, 0.5) is 16.2 Å². The SMILES string of the molecule is Cc1cnc(NC2CCC(NC(=O)c3ccc(Cl)c(F)c3)CC2)nc1N(C)C. The molecule has 0 aliphatic heterocycles. The first-order valence-electron chi connectivity index (χ1n) is 9.37. The number of carbonyl (C=O) groups excluding carboxylic acids is 1. The summed E-state index contributed by atoms with van der Waals surface area (Å²) in [7, 11) is 3.92. The number of aryl methyl sites for hydroxylation is 1. The summed E-state index contributed by atoms with van der Waals surface area (Å²) in [5.74, 6) is 0.661. The molecule has 3 rings (SSSR count). The second-order valence-corrected chi connectivity index (χ2v) is 7.80. The van der Waals surface area contributed by atoms with Crippen LogP contribution in [0.2, 0.25) is 5.02 Å². The normalized spacial score (nSPS) is 19.2. The molecule has 6 nitrogen and oxygen atoms in total. The molecule has 1 aromatic heterocycles. The fraction of sp³-hybridized carbons (Fsp3) is 0.450. The van der Waals surface area contributed by atoms with Crippen LogP contribution in [0, 0.1) is 12.7 Å². The number of carbonyl (C=O) groups is 1. The predicted octanol–water partition coefficient (Wildman–Crippen LogP) is 3.80. The molecule has 0 spiro atoms. The number of amides is 1. The van der Waals surface area contributed by atoms with Gasteiger partial charge in [-0.05, 0) is 50.8 Å². The summed E-state index contributed by atoms with van der Waals surface area (Å²) in [4.78, 5) is 23.2. The van der Waals surface area contributed by atoms with Crippen molar-refractivity contribution in [2.75, 3.05) is 24.3 Å². The molecule has 1 saturated carbocycles. The van der Waals surface area contributed by atoms with Gasteiger partial charge in [-0.3, -0.25) is 4.79 Å². The third-order valence-electron chi connectivity index (χ3n) is 4.95. The molecule has 150 valence electrons. The van der Waals surface area contributed by atoms with Crippen molar-refractivity contribution in [3.63, 3.8) is 0 Å². The minimum absolute atomic E-state index is 0.0129. The predicted molar refractivity (Wildman–Crippen MR) is 110 cm³/mol. The van der Waals surface area contributed by atoms with E-state index in [-0.39, 0.29) is 28.6 Å². The van der Waals surface area contributed by atoms with Gasteiger partial charge in [0, 0.05) is 43.5 Å². The molecule has 1 aliphatic carbocycles. The molecule has 8 heteroatoms. The number of hydrogen-bond acceptors (Lipinski definition) is 5. The second-order valence-electron chi connectivity index (χ2n) is 7.39. The zero-order valence-corrected chi connectivity index (χ0v) is 17.1. The van der Waals surface area contributed by atoms with Crippen molar-refractivity contribution < 1.29 is 9.18 Å². The molecule has 1 heterocycles. The number of nitrogens with zero attached hydrogens (tertiary/aromatic N) is 3. The summed E-state index contributed by atoms with van der Waals surface area (Å²) in [5.41, 5.74) is 1.31. The molecule has 1 fully saturated rings. The number of rotatable bonds is 5. The maximum absolute atomic E-state index is 13.5. The average molecular weight is 406 g/mol. The Morgan fingerprint density at radius 2 is 1.89 bits per heavy atom. The van der Waals surface area contributed by atoms with Crippen LogP contribution in [0.25, 0.3) is 0 Å². The van der Waals surface area contributed by atoms with Crippen LogP contribution < -0.4 is 15.5 Å². The van der Waals surface area contributed by atoms with E-state index >= 15 is 0 Å². The summed E-state index contributed by atoms with van der Waals surface area (Å²) < 4.78 is 13.5. The Labute approximate surface area is 169 Å². The lowest BCUT2D eigenvalue weighted by molar-refractivity contribution is 0.0926. The lowest BCUT2D eigenvalue weighted by atomic mass is 9.91. The van der Waals surface area contributed by atoms with E-state index < -0.39 is 5.82 Å². The van der Waals surface area contributed by atoms with Crippen LogP contribution in [0.1, 0.15) is 41.6 Å². The van der Waals surface area contributed by atoms with Gasteiger partial charge >= 0.3 is 0 Å². The number of nitrogens with one attached hydrogen (secondary N) is 2. The van der Waals surface area contributed by atoms with Crippen LogP contribution in [-0.4, -0.2) is 42.1 Å². The average Bonchev–Trinajstić information content (AvgIpc) is 2.66. The Bertz CT molecular complexity index is 852. The molecule has 0 radical (unpaired) electrons. The Morgan fingerprint density at radius 3 is 2.54 bits per heavy atom. The highest BCUT2D eigenvalue weighted by molar-refractivity contribution is 6.30. The molecule has 2 N–H and O–H groups in total. The fourth-order valence-electron chi connectivity index (χ4n) is 3.43. The molecule has 0 saturated heterocycles. The molecule has 1 amide bonds. The molecular weight excluding hydrogens is 381 g/mol. The van der Waals surface area contributed by atoms with E-state index in [4.69, 9.17) is 11.6 Å². The zero-order valence-electron chi connectivity index (χ0n) is 16.3. The Kier molecular flexibility index (Phi) is 6.34. The molecule has 2 aromatic rings. The minimum Gasteiger partial charge on any atom is -0.362 e. The van der Waals surface area contributed by atoms with Gasteiger partial charge < -0.3 is 15.5 Å². The van der Waals surface area contributed by atoms with Gasteiger partial charge in [0.05, 0.1) is 5.02 Å². The van der Waals surface area contributed by atoms with E-state index in [2.05, 4.69) is 20.6 Å². The number of anilines is 2. The summed E-state index contributed by atoms with van der Waals surface area (Å²) in [5, 5.41) is 6.39. The maximum atomic E-state index is 13.5. The monoisotopic (exact) mass is 405 g/mol. The largest absolute Gasteiger partial charge is 0.362 e. The van der Waals surface area contributed by atoms with Crippen molar-refractivity contribution in [2.24, 2.45) is 0 Å². The van der Waals surface area contributed by atoms with Crippen LogP contribution >= 0.6 is 11.6 Å². The number of aromatic nitrogens is 2. The zero-order chi connectivity index (χ0) is 20.3. The molecule has 28 heavy (non-hydrogen) atoms. The Morgan fingerprint density at radius 1 is 1.21 bits per heavy atom. The highest BCUT2D eigenvalue weighted by Gasteiger charge is 2.23. The molecule has 0 unspecified atom stereocenters. The smallest absolute Gasteiger partial charge is 0.251 e. The third kappa shape index (κ3) is 4.90. The minimum atomic E-state index is -0.586. The van der Waals surface area contributed by atoms with Crippen molar-refractivity contribution >= 4 is 29.3 Å². The highest BCUT2D eigenvalue weighted by Crippen LogP contribution is 2.23. The van der Waals surface area contributed by atoms with Crippen molar-refractivity contribution in [1.82, 2.24) is 15.3 Å². The standard InChI is InChI=1S/C20H25ClFN5O/c1-12-11-23-20(26-18(12)27(2)3)25-15-7-5-14(6-8-15)24-19(28)13-4-9-16(21)17(22)10-13/h4,9-11,14-15H,5-8H2,1-3H3,(H,24,28)(H,23,25,26). The number of halogens is 2. The molecule has 1 aromatic carbocycles. The van der Waals surface area contributed by atoms with Crippen molar-refractivity contribution in [1.29, 1.82) is 0 Å². The van der Waals surface area contributed by atoms with Gasteiger partial charge in [0.2, 0.25) is 5.95 Å². The van der Waals surface area contributed by atoms with Gasteiger partial charge in [-0.15, -0.1) is 0 Å². The van der Waals surface area contributed by atoms with Gasteiger partial charge in [0.1, 0.15) is 11.6 Å². The van der Waals surface area contributed by atoms with Crippen molar-refractivity contribution in [2.45, 2.75) is 44.7 Å². The van der Waals surface area contributed by atoms with E-state index in [0.29, 0.717) is 5.95 Å². The summed E-state index contributed by atoms with van der Waals surface area (Å²) in [6.45, 7) is 1.99. The van der Waals surface area contributed by atoms with E-state index in [0.717, 1.165) is 37.1 Å². The molecule has 1 aliphatic rings. The number of benzene rings is 1. The summed E-state index contributed by atoms with van der Waals surface area (Å²) in [6, 6.07) is 4.43. The van der Waals surface area contributed by atoms with E-state index in [1.165, 1.54) is 18.2 Å². The number of hydrogen-bond donors (Lipinski definition) is 2. The summed E-state index contributed by atoms with van der Waals surface area (Å²) >= 11 is 5.67. The van der Waals surface area contributed by atoms with Crippen LogP contribution in [-0.2, 0) is 0 Å². The van der Waals surface area contributed by atoms with E-state index in [1.807, 2.05) is 32.1 Å². The fourth-order valence-corrected chi connectivity index (χ4v) is 3.54. The topological polar surface area (TPSA) is 70.1 Å². The first-order valence-corrected chi connectivity index (χ1v) is 9.74. The lowest BCUT2D eigenvalue weighted by Crippen LogP contribution is -2.40. The van der Waals surface area contributed by atoms with Crippen LogP contribution in [0.15, 0.2) is 24.4 Å². The van der Waals surface area contributed by atoms with Crippen molar-refractivity contribution in [3.8, 4) is 0 Å². The third-order valence-corrected chi connectivity index (χ3v) is 5.25. The van der Waals surface area contributed by atoms with Gasteiger partial charge in [0.25, 0.3) is 5.91 Å². The van der Waals surface area contributed by atoms with Gasteiger partial charge in [-0.1, -0.05) is 11.6 Å².